The number of azo groups is 1. The van der Waals surface area contributed by atoms with Gasteiger partial charge in [0.2, 0.25) is 0 Å². The highest BCUT2D eigenvalue weighted by atomic mass is 16.2. The first-order valence-corrected chi connectivity index (χ1v) is 8.84. The van der Waals surface area contributed by atoms with Gasteiger partial charge in [0.1, 0.15) is 0 Å². The van der Waals surface area contributed by atoms with Crippen molar-refractivity contribution in [1.82, 2.24) is 9.36 Å². The highest BCUT2D eigenvalue weighted by molar-refractivity contribution is 6.29. The van der Waals surface area contributed by atoms with Crippen LogP contribution >= 0.6 is 0 Å². The summed E-state index contributed by atoms with van der Waals surface area (Å²) < 4.78 is 3.14. The molecule has 140 valence electrons. The molecule has 3 aromatic rings. The molecule has 0 unspecified atom stereocenters. The fourth-order valence-electron chi connectivity index (χ4n) is 3.38. The Balaban J connectivity index is 1.73. The maximum Gasteiger partial charge on any atom is 0.299 e. The summed E-state index contributed by atoms with van der Waals surface area (Å²) in [6, 6.07) is 13.0. The van der Waals surface area contributed by atoms with E-state index in [-0.39, 0.29) is 22.8 Å². The summed E-state index contributed by atoms with van der Waals surface area (Å²) in [5.74, 6) is -0.773. The van der Waals surface area contributed by atoms with Crippen molar-refractivity contribution in [2.45, 2.75) is 19.9 Å². The maximum atomic E-state index is 12.9. The first-order valence-electron chi connectivity index (χ1n) is 8.84. The van der Waals surface area contributed by atoms with E-state index in [9.17, 15) is 14.4 Å². The first-order chi connectivity index (χ1) is 13.4. The number of aryl methyl sites for hydroxylation is 1. The molecule has 1 atom stereocenters. The van der Waals surface area contributed by atoms with Crippen LogP contribution in [-0.2, 0) is 7.05 Å². The summed E-state index contributed by atoms with van der Waals surface area (Å²) in [5, 5.41) is 8.00. The summed E-state index contributed by atoms with van der Waals surface area (Å²) in [5.41, 5.74) is 2.63. The number of hydrogen-bond donors (Lipinski definition) is 0. The molecular weight excluding hydrogens is 356 g/mol. The van der Waals surface area contributed by atoms with Crippen LogP contribution in [0.4, 0.5) is 5.69 Å². The Labute approximate surface area is 160 Å². The quantitative estimate of drug-likeness (QED) is 0.520. The summed E-state index contributed by atoms with van der Waals surface area (Å²) in [4.78, 5) is 38.0. The van der Waals surface area contributed by atoms with Gasteiger partial charge in [-0.25, -0.2) is 4.68 Å². The number of aromatic nitrogens is 2. The molecule has 0 radical (unpaired) electrons. The van der Waals surface area contributed by atoms with Crippen molar-refractivity contribution in [2.24, 2.45) is 17.3 Å². The zero-order chi connectivity index (χ0) is 20.0. The van der Waals surface area contributed by atoms with E-state index >= 15 is 0 Å². The average Bonchev–Trinajstić information content (AvgIpc) is 3.05. The second-order valence-corrected chi connectivity index (χ2v) is 6.81. The van der Waals surface area contributed by atoms with Gasteiger partial charge in [-0.3, -0.25) is 19.1 Å². The Hall–Kier alpha value is -3.61. The molecule has 4 rings (SSSR count). The van der Waals surface area contributed by atoms with E-state index in [1.54, 1.807) is 36.9 Å². The Morgan fingerprint density at radius 2 is 1.57 bits per heavy atom. The molecule has 0 saturated carbocycles. The van der Waals surface area contributed by atoms with E-state index in [0.29, 0.717) is 22.5 Å². The molecule has 7 heteroatoms. The van der Waals surface area contributed by atoms with Crippen molar-refractivity contribution >= 4 is 17.3 Å². The van der Waals surface area contributed by atoms with Crippen LogP contribution in [0, 0.1) is 13.8 Å². The average molecular weight is 374 g/mol. The number of benzene rings is 2. The Bertz CT molecular complexity index is 1200. The van der Waals surface area contributed by atoms with Crippen LogP contribution in [0.25, 0.3) is 5.69 Å². The third kappa shape index (κ3) is 2.63. The third-order valence-corrected chi connectivity index (χ3v) is 5.00. The maximum absolute atomic E-state index is 12.9. The number of rotatable bonds is 3. The Kier molecular flexibility index (Phi) is 4.15. The van der Waals surface area contributed by atoms with Crippen LogP contribution in [-0.4, -0.2) is 27.0 Å². The molecule has 7 nitrogen and oxygen atoms in total. The lowest BCUT2D eigenvalue weighted by Gasteiger charge is -2.07. The van der Waals surface area contributed by atoms with Gasteiger partial charge >= 0.3 is 0 Å². The lowest BCUT2D eigenvalue weighted by Crippen LogP contribution is -2.20. The SMILES string of the molecule is Cc1ccc2c(c1)C(=O)[C@H](N=Nc1c(C)n(C)n(-c3ccccc3)c1=O)C2=O. The molecule has 1 aliphatic rings. The molecule has 0 fully saturated rings. The fraction of sp³-hybridized carbons (Fsp3) is 0.190. The molecule has 2 aromatic carbocycles. The summed E-state index contributed by atoms with van der Waals surface area (Å²) in [6.07, 6.45) is 0. The lowest BCUT2D eigenvalue weighted by molar-refractivity contribution is 0.0890. The highest BCUT2D eigenvalue weighted by Gasteiger charge is 2.39. The van der Waals surface area contributed by atoms with Crippen LogP contribution in [0.2, 0.25) is 0 Å². The number of para-hydroxylation sites is 1. The minimum atomic E-state index is -1.24. The molecule has 1 aromatic heterocycles. The molecule has 28 heavy (non-hydrogen) atoms. The minimum Gasteiger partial charge on any atom is -0.291 e. The second kappa shape index (κ2) is 6.53. The molecule has 0 aliphatic heterocycles. The smallest absolute Gasteiger partial charge is 0.291 e. The van der Waals surface area contributed by atoms with Crippen molar-refractivity contribution < 1.29 is 9.59 Å². The van der Waals surface area contributed by atoms with E-state index < -0.39 is 6.04 Å². The van der Waals surface area contributed by atoms with Gasteiger partial charge in [-0.05, 0) is 32.0 Å². The predicted molar refractivity (Wildman–Crippen MR) is 104 cm³/mol. The lowest BCUT2D eigenvalue weighted by atomic mass is 10.1. The van der Waals surface area contributed by atoms with Gasteiger partial charge in [0, 0.05) is 18.2 Å². The van der Waals surface area contributed by atoms with E-state index in [1.165, 1.54) is 4.68 Å². The standard InChI is InChI=1S/C21H18N4O3/c1-12-9-10-15-16(11-12)20(27)18(19(15)26)23-22-17-13(2)24(3)25(21(17)28)14-7-5-4-6-8-14/h4-11,18H,1-3H3/t18-/m1/s1. The normalized spacial score (nSPS) is 16.2. The number of carbonyl (C=O) groups is 2. The predicted octanol–water partition coefficient (Wildman–Crippen LogP) is 3.32. The first kappa shape index (κ1) is 17.8. The van der Waals surface area contributed by atoms with Crippen LogP contribution in [0.3, 0.4) is 0 Å². The monoisotopic (exact) mass is 374 g/mol. The fourth-order valence-corrected chi connectivity index (χ4v) is 3.38. The second-order valence-electron chi connectivity index (χ2n) is 6.81. The van der Waals surface area contributed by atoms with Crippen molar-refractivity contribution in [3.8, 4) is 5.69 Å². The van der Waals surface area contributed by atoms with Gasteiger partial charge in [-0.15, -0.1) is 5.11 Å². The zero-order valence-electron chi connectivity index (χ0n) is 15.7. The number of ketones is 2. The highest BCUT2D eigenvalue weighted by Crippen LogP contribution is 2.27. The number of nitrogens with zero attached hydrogens (tertiary/aromatic N) is 4. The third-order valence-electron chi connectivity index (χ3n) is 5.00. The van der Waals surface area contributed by atoms with E-state index in [0.717, 1.165) is 5.56 Å². The molecular formula is C21H18N4O3. The topological polar surface area (TPSA) is 85.8 Å². The summed E-state index contributed by atoms with van der Waals surface area (Å²) in [6.45, 7) is 3.60. The Morgan fingerprint density at radius 1 is 0.893 bits per heavy atom. The molecule has 1 aliphatic carbocycles. The van der Waals surface area contributed by atoms with E-state index in [1.807, 2.05) is 37.3 Å². The van der Waals surface area contributed by atoms with Crippen LogP contribution in [0.1, 0.15) is 32.0 Å². The van der Waals surface area contributed by atoms with Gasteiger partial charge in [-0.1, -0.05) is 35.9 Å². The van der Waals surface area contributed by atoms with Crippen molar-refractivity contribution in [3.63, 3.8) is 0 Å². The van der Waals surface area contributed by atoms with E-state index in [2.05, 4.69) is 10.2 Å². The van der Waals surface area contributed by atoms with Gasteiger partial charge in [0.15, 0.2) is 23.3 Å². The number of fused-ring (bicyclic) bond motifs is 1. The van der Waals surface area contributed by atoms with Gasteiger partial charge in [0.05, 0.1) is 11.4 Å². The Morgan fingerprint density at radius 3 is 2.29 bits per heavy atom. The van der Waals surface area contributed by atoms with Crippen LogP contribution in [0.5, 0.6) is 0 Å². The summed E-state index contributed by atoms with van der Waals surface area (Å²) in [7, 11) is 1.74. The number of Topliss-reactive ketones (excluding diaryl/α,β-unsaturated/α-hetero) is 2. The van der Waals surface area contributed by atoms with Crippen LogP contribution < -0.4 is 5.56 Å². The van der Waals surface area contributed by atoms with Crippen LogP contribution in [0.15, 0.2) is 63.6 Å². The largest absolute Gasteiger partial charge is 0.299 e. The van der Waals surface area contributed by atoms with Gasteiger partial charge in [-0.2, -0.15) is 5.11 Å². The van der Waals surface area contributed by atoms with E-state index in [4.69, 9.17) is 0 Å². The molecule has 0 bridgehead atoms. The van der Waals surface area contributed by atoms with Crippen molar-refractivity contribution in [1.29, 1.82) is 0 Å². The number of carbonyl (C=O) groups excluding carboxylic acids is 2. The molecule has 0 N–H and O–H groups in total. The summed E-state index contributed by atoms with van der Waals surface area (Å²) >= 11 is 0. The van der Waals surface area contributed by atoms with Crippen molar-refractivity contribution in [2.75, 3.05) is 0 Å². The minimum absolute atomic E-state index is 0.110. The molecule has 0 amide bonds. The van der Waals surface area contributed by atoms with Crippen molar-refractivity contribution in [3.05, 3.63) is 81.3 Å². The van der Waals surface area contributed by atoms with Gasteiger partial charge in [0.25, 0.3) is 5.56 Å². The molecule has 0 saturated heterocycles. The zero-order valence-corrected chi connectivity index (χ0v) is 15.7. The molecule has 1 heterocycles. The molecule has 0 spiro atoms. The number of hydrogen-bond acceptors (Lipinski definition) is 5. The van der Waals surface area contributed by atoms with Gasteiger partial charge < -0.3 is 0 Å².